The molecule has 0 amide bonds. The van der Waals surface area contributed by atoms with Gasteiger partial charge in [0.15, 0.2) is 21.3 Å². The predicted molar refractivity (Wildman–Crippen MR) is 68.0 cm³/mol. The molecule has 1 aliphatic rings. The molecule has 0 bridgehead atoms. The Balaban J connectivity index is 2.17. The number of ether oxygens (including phenoxy) is 2. The molecule has 0 unspecified atom stereocenters. The summed E-state index contributed by atoms with van der Waals surface area (Å²) in [7, 11) is -1.44. The Morgan fingerprint density at radius 1 is 1.22 bits per heavy atom. The van der Waals surface area contributed by atoms with Crippen LogP contribution in [0.4, 0.5) is 0 Å². The van der Waals surface area contributed by atoms with Crippen LogP contribution in [0.5, 0.6) is 11.5 Å². The molecule has 1 N–H and O–H groups in total. The molecule has 100 valence electrons. The lowest BCUT2D eigenvalue weighted by Gasteiger charge is -2.18. The molecule has 0 aliphatic carbocycles. The Morgan fingerprint density at radius 3 is 2.67 bits per heavy atom. The van der Waals surface area contributed by atoms with Crippen molar-refractivity contribution in [3.05, 3.63) is 18.2 Å². The fourth-order valence-electron chi connectivity index (χ4n) is 1.77. The van der Waals surface area contributed by atoms with E-state index < -0.39 is 9.84 Å². The molecule has 1 aliphatic heterocycles. The number of fused-ring (bicyclic) bond motifs is 1. The van der Waals surface area contributed by atoms with Crippen molar-refractivity contribution in [2.24, 2.45) is 0 Å². The van der Waals surface area contributed by atoms with Gasteiger partial charge in [-0.3, -0.25) is 0 Å². The Labute approximate surface area is 107 Å². The maximum absolute atomic E-state index is 12.1. The van der Waals surface area contributed by atoms with Gasteiger partial charge in [0, 0.05) is 6.07 Å². The number of benzene rings is 1. The lowest BCUT2D eigenvalue weighted by molar-refractivity contribution is 0.171. The minimum absolute atomic E-state index is 0.132. The van der Waals surface area contributed by atoms with E-state index in [1.54, 1.807) is 25.2 Å². The topological polar surface area (TPSA) is 64.6 Å². The molecule has 6 heteroatoms. The van der Waals surface area contributed by atoms with Gasteiger partial charge in [-0.25, -0.2) is 8.42 Å². The van der Waals surface area contributed by atoms with Crippen molar-refractivity contribution in [2.75, 3.05) is 32.6 Å². The van der Waals surface area contributed by atoms with Crippen LogP contribution < -0.4 is 14.8 Å². The van der Waals surface area contributed by atoms with E-state index >= 15 is 0 Å². The van der Waals surface area contributed by atoms with Crippen LogP contribution in [0.1, 0.15) is 6.42 Å². The molecule has 5 nitrogen and oxygen atoms in total. The van der Waals surface area contributed by atoms with E-state index in [-0.39, 0.29) is 5.75 Å². The zero-order valence-electron chi connectivity index (χ0n) is 10.3. The first-order valence-corrected chi connectivity index (χ1v) is 7.56. The smallest absolute Gasteiger partial charge is 0.178 e. The number of hydrogen-bond donors (Lipinski definition) is 1. The van der Waals surface area contributed by atoms with E-state index in [2.05, 4.69) is 5.32 Å². The van der Waals surface area contributed by atoms with Crippen LogP contribution in [0.25, 0.3) is 0 Å². The summed E-state index contributed by atoms with van der Waals surface area (Å²) in [5.41, 5.74) is 0. The molecule has 0 aromatic heterocycles. The largest absolute Gasteiger partial charge is 0.486 e. The first-order valence-electron chi connectivity index (χ1n) is 5.90. The number of nitrogens with one attached hydrogen (secondary N) is 1. The average Bonchev–Trinajstić information content (AvgIpc) is 2.38. The molecule has 2 rings (SSSR count). The zero-order chi connectivity index (χ0) is 13.0. The SMILES string of the molecule is CNCCCS(=O)(=O)c1ccc2c(c1)OCCO2. The fourth-order valence-corrected chi connectivity index (χ4v) is 3.10. The maximum atomic E-state index is 12.1. The van der Waals surface area contributed by atoms with Gasteiger partial charge < -0.3 is 14.8 Å². The number of sulfone groups is 1. The normalized spacial score (nSPS) is 14.5. The minimum atomic E-state index is -3.24. The van der Waals surface area contributed by atoms with E-state index in [9.17, 15) is 8.42 Å². The summed E-state index contributed by atoms with van der Waals surface area (Å²) in [6, 6.07) is 4.77. The fraction of sp³-hybridized carbons (Fsp3) is 0.500. The maximum Gasteiger partial charge on any atom is 0.178 e. The van der Waals surface area contributed by atoms with Crippen molar-refractivity contribution in [2.45, 2.75) is 11.3 Å². The van der Waals surface area contributed by atoms with Crippen molar-refractivity contribution in [3.8, 4) is 11.5 Å². The van der Waals surface area contributed by atoms with E-state index in [4.69, 9.17) is 9.47 Å². The van der Waals surface area contributed by atoms with Crippen molar-refractivity contribution < 1.29 is 17.9 Å². The second-order valence-corrected chi connectivity index (χ2v) is 6.19. The highest BCUT2D eigenvalue weighted by Crippen LogP contribution is 2.32. The third kappa shape index (κ3) is 2.94. The van der Waals surface area contributed by atoms with E-state index in [1.165, 1.54) is 0 Å². The Morgan fingerprint density at radius 2 is 1.94 bits per heavy atom. The van der Waals surface area contributed by atoms with Crippen LogP contribution in [0.3, 0.4) is 0 Å². The van der Waals surface area contributed by atoms with Gasteiger partial charge in [-0.1, -0.05) is 0 Å². The molecular formula is C12H17NO4S. The Kier molecular flexibility index (Phi) is 4.08. The van der Waals surface area contributed by atoms with Crippen LogP contribution in [0.15, 0.2) is 23.1 Å². The summed E-state index contributed by atoms with van der Waals surface area (Å²) >= 11 is 0. The van der Waals surface area contributed by atoms with Crippen molar-refractivity contribution in [1.82, 2.24) is 5.32 Å². The minimum Gasteiger partial charge on any atom is -0.486 e. The summed E-state index contributed by atoms with van der Waals surface area (Å²) < 4.78 is 34.9. The molecule has 0 fully saturated rings. The van der Waals surface area contributed by atoms with Gasteiger partial charge in [0.1, 0.15) is 13.2 Å². The zero-order valence-corrected chi connectivity index (χ0v) is 11.1. The van der Waals surface area contributed by atoms with Gasteiger partial charge in [-0.05, 0) is 32.1 Å². The lowest BCUT2D eigenvalue weighted by Crippen LogP contribution is -2.17. The number of hydrogen-bond acceptors (Lipinski definition) is 5. The van der Waals surface area contributed by atoms with Crippen LogP contribution in [-0.2, 0) is 9.84 Å². The van der Waals surface area contributed by atoms with E-state index in [0.717, 1.165) is 0 Å². The van der Waals surface area contributed by atoms with E-state index in [0.29, 0.717) is 42.6 Å². The third-order valence-electron chi connectivity index (χ3n) is 2.71. The number of rotatable bonds is 5. The molecule has 1 aromatic rings. The molecule has 1 heterocycles. The highest BCUT2D eigenvalue weighted by atomic mass is 32.2. The molecule has 0 saturated carbocycles. The van der Waals surface area contributed by atoms with Crippen molar-refractivity contribution in [1.29, 1.82) is 0 Å². The van der Waals surface area contributed by atoms with Crippen molar-refractivity contribution in [3.63, 3.8) is 0 Å². The molecule has 0 spiro atoms. The first-order chi connectivity index (χ1) is 8.63. The van der Waals surface area contributed by atoms with Gasteiger partial charge >= 0.3 is 0 Å². The first kappa shape index (κ1) is 13.2. The van der Waals surface area contributed by atoms with Gasteiger partial charge in [0.25, 0.3) is 0 Å². The molecule has 0 atom stereocenters. The van der Waals surface area contributed by atoms with Crippen molar-refractivity contribution >= 4 is 9.84 Å². The summed E-state index contributed by atoms with van der Waals surface area (Å²) in [6.07, 6.45) is 0.591. The standard InChI is InChI=1S/C12H17NO4S/c1-13-5-2-8-18(14,15)10-3-4-11-12(9-10)17-7-6-16-11/h3-4,9,13H,2,5-8H2,1H3. The molecule has 0 radical (unpaired) electrons. The summed E-state index contributed by atoms with van der Waals surface area (Å²) in [4.78, 5) is 0.294. The van der Waals surface area contributed by atoms with Crippen LogP contribution in [0, 0.1) is 0 Å². The Bertz CT molecular complexity index is 513. The highest BCUT2D eigenvalue weighted by Gasteiger charge is 2.18. The second kappa shape index (κ2) is 5.58. The lowest BCUT2D eigenvalue weighted by atomic mass is 10.3. The summed E-state index contributed by atoms with van der Waals surface area (Å²) in [5.74, 6) is 1.25. The van der Waals surface area contributed by atoms with Gasteiger partial charge in [-0.15, -0.1) is 0 Å². The third-order valence-corrected chi connectivity index (χ3v) is 4.51. The monoisotopic (exact) mass is 271 g/mol. The Hall–Kier alpha value is -1.27. The predicted octanol–water partition coefficient (Wildman–Crippen LogP) is 0.841. The summed E-state index contributed by atoms with van der Waals surface area (Å²) in [5, 5.41) is 2.93. The molecule has 18 heavy (non-hydrogen) atoms. The van der Waals surface area contributed by atoms with Crippen LogP contribution in [0.2, 0.25) is 0 Å². The van der Waals surface area contributed by atoms with Gasteiger partial charge in [0.2, 0.25) is 0 Å². The quantitative estimate of drug-likeness (QED) is 0.804. The molecule has 1 aromatic carbocycles. The molecular weight excluding hydrogens is 254 g/mol. The van der Waals surface area contributed by atoms with Gasteiger partial charge in [0.05, 0.1) is 10.6 Å². The highest BCUT2D eigenvalue weighted by molar-refractivity contribution is 7.91. The summed E-state index contributed by atoms with van der Waals surface area (Å²) in [6.45, 7) is 1.64. The average molecular weight is 271 g/mol. The molecule has 0 saturated heterocycles. The van der Waals surface area contributed by atoms with Crippen LogP contribution >= 0.6 is 0 Å². The second-order valence-electron chi connectivity index (χ2n) is 4.08. The van der Waals surface area contributed by atoms with Crippen LogP contribution in [-0.4, -0.2) is 41.0 Å². The van der Waals surface area contributed by atoms with E-state index in [1.807, 2.05) is 0 Å². The van der Waals surface area contributed by atoms with Gasteiger partial charge in [-0.2, -0.15) is 0 Å².